The van der Waals surface area contributed by atoms with Gasteiger partial charge in [-0.3, -0.25) is 4.90 Å². The quantitative estimate of drug-likeness (QED) is 0.823. The van der Waals surface area contributed by atoms with E-state index in [1.54, 1.807) is 12.1 Å². The summed E-state index contributed by atoms with van der Waals surface area (Å²) in [4.78, 5) is 12.7. The zero-order chi connectivity index (χ0) is 10.1. The molecule has 0 atom stereocenters. The number of carbonyl (C=O) groups is 1. The third-order valence-electron chi connectivity index (χ3n) is 2.06. The van der Waals surface area contributed by atoms with Gasteiger partial charge in [0.05, 0.1) is 5.69 Å². The number of halogens is 2. The second kappa shape index (κ2) is 3.57. The highest BCUT2D eigenvalue weighted by molar-refractivity contribution is 9.10. The Balaban J connectivity index is 2.39. The minimum absolute atomic E-state index is 0.248. The van der Waals surface area contributed by atoms with Crippen LogP contribution in [0.15, 0.2) is 22.7 Å². The van der Waals surface area contributed by atoms with Gasteiger partial charge in [-0.25, -0.2) is 9.18 Å². The van der Waals surface area contributed by atoms with Crippen LogP contribution in [0.5, 0.6) is 0 Å². The average Bonchev–Trinajstić information content (AvgIpc) is 2.56. The number of nitrogens with one attached hydrogen (secondary N) is 1. The molecular formula is C9H8BrFN2O. The molecule has 1 aromatic rings. The van der Waals surface area contributed by atoms with E-state index in [1.807, 2.05) is 0 Å². The smallest absolute Gasteiger partial charge is 0.322 e. The minimum atomic E-state index is -0.384. The fraction of sp³-hybridized carbons (Fsp3) is 0.222. The van der Waals surface area contributed by atoms with E-state index >= 15 is 0 Å². The summed E-state index contributed by atoms with van der Waals surface area (Å²) in [7, 11) is 0. The van der Waals surface area contributed by atoms with Gasteiger partial charge in [0.1, 0.15) is 5.82 Å². The van der Waals surface area contributed by atoms with Crippen molar-refractivity contribution in [2.24, 2.45) is 0 Å². The molecule has 1 aromatic carbocycles. The van der Waals surface area contributed by atoms with Crippen molar-refractivity contribution in [2.75, 3.05) is 18.0 Å². The van der Waals surface area contributed by atoms with E-state index in [4.69, 9.17) is 0 Å². The van der Waals surface area contributed by atoms with Crippen molar-refractivity contribution >= 4 is 27.6 Å². The highest BCUT2D eigenvalue weighted by atomic mass is 79.9. The Labute approximate surface area is 89.0 Å². The summed E-state index contributed by atoms with van der Waals surface area (Å²) >= 11 is 3.24. The van der Waals surface area contributed by atoms with Crippen LogP contribution in [0.1, 0.15) is 0 Å². The fourth-order valence-electron chi connectivity index (χ4n) is 1.39. The summed E-state index contributed by atoms with van der Waals surface area (Å²) in [6.45, 7) is 1.07. The lowest BCUT2D eigenvalue weighted by Crippen LogP contribution is -2.28. The maximum absolute atomic E-state index is 13.4. The molecule has 0 radical (unpaired) electrons. The van der Waals surface area contributed by atoms with Gasteiger partial charge in [0.25, 0.3) is 0 Å². The Morgan fingerprint density at radius 2 is 2.29 bits per heavy atom. The molecule has 0 unspecified atom stereocenters. The maximum atomic E-state index is 13.4. The molecule has 0 spiro atoms. The molecule has 1 fully saturated rings. The first-order chi connectivity index (χ1) is 6.68. The first kappa shape index (κ1) is 9.45. The zero-order valence-corrected chi connectivity index (χ0v) is 8.84. The Morgan fingerprint density at radius 3 is 2.93 bits per heavy atom. The van der Waals surface area contributed by atoms with E-state index < -0.39 is 0 Å². The molecule has 1 heterocycles. The van der Waals surface area contributed by atoms with Crippen molar-refractivity contribution in [1.82, 2.24) is 5.32 Å². The predicted octanol–water partition coefficient (Wildman–Crippen LogP) is 2.12. The fourth-order valence-corrected chi connectivity index (χ4v) is 1.74. The van der Waals surface area contributed by atoms with Gasteiger partial charge in [0.15, 0.2) is 0 Å². The second-order valence-electron chi connectivity index (χ2n) is 2.98. The highest BCUT2D eigenvalue weighted by Crippen LogP contribution is 2.24. The molecule has 1 aliphatic heterocycles. The van der Waals surface area contributed by atoms with Crippen LogP contribution in [0, 0.1) is 5.82 Å². The second-order valence-corrected chi connectivity index (χ2v) is 3.89. The average molecular weight is 259 g/mol. The van der Waals surface area contributed by atoms with Gasteiger partial charge in [-0.05, 0) is 18.2 Å². The Bertz CT molecular complexity index is 383. The minimum Gasteiger partial charge on any atom is -0.336 e. The van der Waals surface area contributed by atoms with Gasteiger partial charge < -0.3 is 5.32 Å². The molecule has 2 amide bonds. The van der Waals surface area contributed by atoms with Crippen LogP contribution in [0.25, 0.3) is 0 Å². The molecule has 2 rings (SSSR count). The van der Waals surface area contributed by atoms with Crippen LogP contribution < -0.4 is 10.2 Å². The number of amides is 2. The van der Waals surface area contributed by atoms with Gasteiger partial charge in [-0.1, -0.05) is 15.9 Å². The molecule has 0 bridgehead atoms. The van der Waals surface area contributed by atoms with Gasteiger partial charge in [0.2, 0.25) is 0 Å². The Hall–Kier alpha value is -1.10. The predicted molar refractivity (Wildman–Crippen MR) is 54.8 cm³/mol. The number of urea groups is 1. The molecule has 74 valence electrons. The van der Waals surface area contributed by atoms with Crippen molar-refractivity contribution in [1.29, 1.82) is 0 Å². The lowest BCUT2D eigenvalue weighted by Gasteiger charge is -2.15. The van der Waals surface area contributed by atoms with E-state index in [0.29, 0.717) is 18.8 Å². The lowest BCUT2D eigenvalue weighted by molar-refractivity contribution is 0.252. The van der Waals surface area contributed by atoms with E-state index in [9.17, 15) is 9.18 Å². The van der Waals surface area contributed by atoms with Crippen LogP contribution in [0.4, 0.5) is 14.9 Å². The van der Waals surface area contributed by atoms with Crippen LogP contribution in [-0.2, 0) is 0 Å². The van der Waals surface area contributed by atoms with Crippen molar-refractivity contribution in [2.45, 2.75) is 0 Å². The van der Waals surface area contributed by atoms with Gasteiger partial charge in [-0.2, -0.15) is 0 Å². The van der Waals surface area contributed by atoms with E-state index in [2.05, 4.69) is 21.2 Å². The summed E-state index contributed by atoms with van der Waals surface area (Å²) < 4.78 is 14.1. The first-order valence-corrected chi connectivity index (χ1v) is 4.98. The molecular weight excluding hydrogens is 251 g/mol. The maximum Gasteiger partial charge on any atom is 0.322 e. The Kier molecular flexibility index (Phi) is 2.41. The van der Waals surface area contributed by atoms with Crippen LogP contribution in [0.2, 0.25) is 0 Å². The number of hydrogen-bond acceptors (Lipinski definition) is 1. The summed E-state index contributed by atoms with van der Waals surface area (Å²) in [6, 6.07) is 4.29. The van der Waals surface area contributed by atoms with E-state index in [-0.39, 0.29) is 11.8 Å². The van der Waals surface area contributed by atoms with E-state index in [0.717, 1.165) is 4.47 Å². The molecule has 0 aromatic heterocycles. The number of benzene rings is 1. The van der Waals surface area contributed by atoms with Gasteiger partial charge in [-0.15, -0.1) is 0 Å². The zero-order valence-electron chi connectivity index (χ0n) is 7.26. The molecule has 0 aliphatic carbocycles. The number of nitrogens with zero attached hydrogens (tertiary/aromatic N) is 1. The largest absolute Gasteiger partial charge is 0.336 e. The molecule has 0 saturated carbocycles. The van der Waals surface area contributed by atoms with Crippen molar-refractivity contribution in [3.05, 3.63) is 28.5 Å². The number of hydrogen-bond donors (Lipinski definition) is 1. The molecule has 5 heteroatoms. The van der Waals surface area contributed by atoms with Crippen LogP contribution in [0.3, 0.4) is 0 Å². The third-order valence-corrected chi connectivity index (χ3v) is 2.55. The molecule has 1 aliphatic rings. The standard InChI is InChI=1S/C9H8BrFN2O/c10-6-1-2-7(11)8(5-6)13-4-3-12-9(13)14/h1-2,5H,3-4H2,(H,12,14). The monoisotopic (exact) mass is 258 g/mol. The van der Waals surface area contributed by atoms with Crippen molar-refractivity contribution < 1.29 is 9.18 Å². The topological polar surface area (TPSA) is 32.3 Å². The van der Waals surface area contributed by atoms with Crippen molar-refractivity contribution in [3.63, 3.8) is 0 Å². The SMILES string of the molecule is O=C1NCCN1c1cc(Br)ccc1F. The number of anilines is 1. The molecule has 1 N–H and O–H groups in total. The summed E-state index contributed by atoms with van der Waals surface area (Å²) in [6.07, 6.45) is 0. The summed E-state index contributed by atoms with van der Waals surface area (Å²) in [5.74, 6) is -0.384. The molecule has 1 saturated heterocycles. The lowest BCUT2D eigenvalue weighted by atomic mass is 10.3. The first-order valence-electron chi connectivity index (χ1n) is 4.19. The number of carbonyl (C=O) groups excluding carboxylic acids is 1. The summed E-state index contributed by atoms with van der Waals surface area (Å²) in [5, 5.41) is 2.62. The van der Waals surface area contributed by atoms with Crippen LogP contribution >= 0.6 is 15.9 Å². The number of rotatable bonds is 1. The van der Waals surface area contributed by atoms with Gasteiger partial charge >= 0.3 is 6.03 Å². The van der Waals surface area contributed by atoms with E-state index in [1.165, 1.54) is 11.0 Å². The van der Waals surface area contributed by atoms with Crippen molar-refractivity contribution in [3.8, 4) is 0 Å². The molecule has 3 nitrogen and oxygen atoms in total. The third kappa shape index (κ3) is 1.59. The van der Waals surface area contributed by atoms with Crippen LogP contribution in [-0.4, -0.2) is 19.1 Å². The van der Waals surface area contributed by atoms with Gasteiger partial charge in [0, 0.05) is 17.6 Å². The normalized spacial score (nSPS) is 15.9. The molecule has 14 heavy (non-hydrogen) atoms. The summed E-state index contributed by atoms with van der Waals surface area (Å²) in [5.41, 5.74) is 0.314. The highest BCUT2D eigenvalue weighted by Gasteiger charge is 2.23. The Morgan fingerprint density at radius 1 is 1.50 bits per heavy atom.